The predicted octanol–water partition coefficient (Wildman–Crippen LogP) is -0.131. The number of likely N-dealkylation sites (tertiary alicyclic amines) is 1. The summed E-state index contributed by atoms with van der Waals surface area (Å²) < 4.78 is 5.74. The molecule has 2 aliphatic rings. The molecular formula is C14H25N3O3. The number of hydrogen-bond acceptors (Lipinski definition) is 4. The van der Waals surface area contributed by atoms with Gasteiger partial charge in [0.15, 0.2) is 0 Å². The predicted molar refractivity (Wildman–Crippen MR) is 75.0 cm³/mol. The Morgan fingerprint density at radius 3 is 2.40 bits per heavy atom. The zero-order chi connectivity index (χ0) is 14.4. The summed E-state index contributed by atoms with van der Waals surface area (Å²) in [4.78, 5) is 24.9. The van der Waals surface area contributed by atoms with Gasteiger partial charge in [0.1, 0.15) is 0 Å². The van der Waals surface area contributed by atoms with Crippen molar-refractivity contribution in [2.75, 3.05) is 32.8 Å². The molecule has 114 valence electrons. The summed E-state index contributed by atoms with van der Waals surface area (Å²) in [6.07, 6.45) is 4.17. The molecular weight excluding hydrogens is 258 g/mol. The number of amides is 2. The zero-order valence-corrected chi connectivity index (χ0v) is 12.0. The summed E-state index contributed by atoms with van der Waals surface area (Å²) in [5, 5.41) is 3.29. The van der Waals surface area contributed by atoms with Crippen LogP contribution >= 0.6 is 0 Å². The van der Waals surface area contributed by atoms with Crippen LogP contribution in [0, 0.1) is 5.92 Å². The van der Waals surface area contributed by atoms with Crippen LogP contribution in [0.15, 0.2) is 0 Å². The molecule has 3 N–H and O–H groups in total. The Kier molecular flexibility index (Phi) is 5.79. The van der Waals surface area contributed by atoms with Crippen molar-refractivity contribution < 1.29 is 14.3 Å². The van der Waals surface area contributed by atoms with Gasteiger partial charge in [0.2, 0.25) is 11.8 Å². The molecule has 2 rings (SSSR count). The van der Waals surface area contributed by atoms with Gasteiger partial charge in [-0.25, -0.2) is 0 Å². The molecule has 0 aromatic rings. The third-order valence-electron chi connectivity index (χ3n) is 4.21. The van der Waals surface area contributed by atoms with Crippen LogP contribution < -0.4 is 11.1 Å². The number of piperidine rings is 2. The lowest BCUT2D eigenvalue weighted by atomic mass is 9.96. The fourth-order valence-electron chi connectivity index (χ4n) is 2.85. The molecule has 0 aromatic carbocycles. The van der Waals surface area contributed by atoms with Crippen LogP contribution in [0.1, 0.15) is 32.1 Å². The lowest BCUT2D eigenvalue weighted by molar-refractivity contribution is -0.136. The molecule has 2 amide bonds. The number of primary amides is 1. The minimum atomic E-state index is -0.244. The number of carbonyl (C=O) groups is 2. The Bertz CT molecular complexity index is 335. The van der Waals surface area contributed by atoms with E-state index >= 15 is 0 Å². The van der Waals surface area contributed by atoms with Gasteiger partial charge in [0.05, 0.1) is 19.1 Å². The van der Waals surface area contributed by atoms with Crippen LogP contribution in [0.4, 0.5) is 0 Å². The van der Waals surface area contributed by atoms with Crippen molar-refractivity contribution in [2.24, 2.45) is 11.7 Å². The van der Waals surface area contributed by atoms with E-state index in [9.17, 15) is 9.59 Å². The van der Waals surface area contributed by atoms with Gasteiger partial charge in [0.25, 0.3) is 0 Å². The van der Waals surface area contributed by atoms with Crippen LogP contribution in [0.25, 0.3) is 0 Å². The van der Waals surface area contributed by atoms with Crippen LogP contribution in [-0.2, 0) is 14.3 Å². The third kappa shape index (κ3) is 4.45. The molecule has 0 saturated carbocycles. The first-order valence-corrected chi connectivity index (χ1v) is 7.56. The van der Waals surface area contributed by atoms with Crippen molar-refractivity contribution in [1.82, 2.24) is 10.2 Å². The number of nitrogens with one attached hydrogen (secondary N) is 1. The van der Waals surface area contributed by atoms with Crippen LogP contribution in [0.5, 0.6) is 0 Å². The SMILES string of the molecule is NC(=O)C1CCN(C(=O)CCOC2CCNCC2)CC1. The maximum Gasteiger partial charge on any atom is 0.224 e. The second-order valence-electron chi connectivity index (χ2n) is 5.63. The summed E-state index contributed by atoms with van der Waals surface area (Å²) in [5.74, 6) is -0.182. The average molecular weight is 283 g/mol. The highest BCUT2D eigenvalue weighted by Crippen LogP contribution is 2.17. The first-order valence-electron chi connectivity index (χ1n) is 7.56. The molecule has 0 aromatic heterocycles. The van der Waals surface area contributed by atoms with Crippen molar-refractivity contribution in [1.29, 1.82) is 0 Å². The topological polar surface area (TPSA) is 84.7 Å². The fraction of sp³-hybridized carbons (Fsp3) is 0.857. The number of ether oxygens (including phenoxy) is 1. The van der Waals surface area contributed by atoms with Crippen molar-refractivity contribution in [3.8, 4) is 0 Å². The number of nitrogens with two attached hydrogens (primary N) is 1. The summed E-state index contributed by atoms with van der Waals surface area (Å²) in [7, 11) is 0. The van der Waals surface area contributed by atoms with Gasteiger partial charge in [-0.15, -0.1) is 0 Å². The van der Waals surface area contributed by atoms with E-state index < -0.39 is 0 Å². The molecule has 2 saturated heterocycles. The number of hydrogen-bond donors (Lipinski definition) is 2. The fourth-order valence-corrected chi connectivity index (χ4v) is 2.85. The molecule has 2 fully saturated rings. The van der Waals surface area contributed by atoms with Crippen LogP contribution in [-0.4, -0.2) is 55.6 Å². The Hall–Kier alpha value is -1.14. The summed E-state index contributed by atoms with van der Waals surface area (Å²) in [6.45, 7) is 3.78. The maximum absolute atomic E-state index is 12.0. The standard InChI is InChI=1S/C14H25N3O3/c15-14(19)11-3-8-17(9-4-11)13(18)5-10-20-12-1-6-16-7-2-12/h11-12,16H,1-10H2,(H2,15,19). The molecule has 2 heterocycles. The third-order valence-corrected chi connectivity index (χ3v) is 4.21. The van der Waals surface area contributed by atoms with Gasteiger partial charge in [-0.1, -0.05) is 0 Å². The van der Waals surface area contributed by atoms with Gasteiger partial charge in [-0.3, -0.25) is 9.59 Å². The van der Waals surface area contributed by atoms with Crippen molar-refractivity contribution in [2.45, 2.75) is 38.2 Å². The highest BCUT2D eigenvalue weighted by Gasteiger charge is 2.25. The van der Waals surface area contributed by atoms with E-state index in [4.69, 9.17) is 10.5 Å². The highest BCUT2D eigenvalue weighted by molar-refractivity contribution is 5.78. The zero-order valence-electron chi connectivity index (χ0n) is 12.0. The largest absolute Gasteiger partial charge is 0.378 e. The minimum Gasteiger partial charge on any atom is -0.378 e. The number of carbonyl (C=O) groups excluding carboxylic acids is 2. The molecule has 6 heteroatoms. The van der Waals surface area contributed by atoms with Gasteiger partial charge in [-0.2, -0.15) is 0 Å². The Morgan fingerprint density at radius 2 is 1.80 bits per heavy atom. The number of rotatable bonds is 5. The normalized spacial score (nSPS) is 21.9. The van der Waals surface area contributed by atoms with Gasteiger partial charge < -0.3 is 20.7 Å². The Labute approximate surface area is 120 Å². The molecule has 0 aliphatic carbocycles. The van der Waals surface area contributed by atoms with E-state index in [1.54, 1.807) is 0 Å². The maximum atomic E-state index is 12.0. The van der Waals surface area contributed by atoms with Crippen molar-refractivity contribution >= 4 is 11.8 Å². The molecule has 6 nitrogen and oxygen atoms in total. The lowest BCUT2D eigenvalue weighted by Gasteiger charge is -2.31. The van der Waals surface area contributed by atoms with Gasteiger partial charge in [0, 0.05) is 19.0 Å². The second kappa shape index (κ2) is 7.59. The monoisotopic (exact) mass is 283 g/mol. The van der Waals surface area contributed by atoms with E-state index in [1.807, 2.05) is 4.90 Å². The van der Waals surface area contributed by atoms with Crippen molar-refractivity contribution in [3.63, 3.8) is 0 Å². The molecule has 0 atom stereocenters. The smallest absolute Gasteiger partial charge is 0.224 e. The average Bonchev–Trinajstić information content (AvgIpc) is 2.48. The van der Waals surface area contributed by atoms with Crippen LogP contribution in [0.3, 0.4) is 0 Å². The van der Waals surface area contributed by atoms with E-state index in [2.05, 4.69) is 5.32 Å². The lowest BCUT2D eigenvalue weighted by Crippen LogP contribution is -2.42. The number of nitrogens with zero attached hydrogens (tertiary/aromatic N) is 1. The molecule has 2 aliphatic heterocycles. The molecule has 20 heavy (non-hydrogen) atoms. The molecule has 0 unspecified atom stereocenters. The molecule has 0 radical (unpaired) electrons. The minimum absolute atomic E-state index is 0.0648. The van der Waals surface area contributed by atoms with E-state index in [1.165, 1.54) is 0 Å². The Balaban J connectivity index is 1.61. The summed E-state index contributed by atoms with van der Waals surface area (Å²) >= 11 is 0. The first kappa shape index (κ1) is 15.3. The van der Waals surface area contributed by atoms with Gasteiger partial charge in [-0.05, 0) is 38.8 Å². The van der Waals surface area contributed by atoms with E-state index in [-0.39, 0.29) is 17.7 Å². The Morgan fingerprint density at radius 1 is 1.15 bits per heavy atom. The summed E-state index contributed by atoms with van der Waals surface area (Å²) in [6, 6.07) is 0. The second-order valence-corrected chi connectivity index (χ2v) is 5.63. The highest BCUT2D eigenvalue weighted by atomic mass is 16.5. The van der Waals surface area contributed by atoms with E-state index in [0.717, 1.165) is 25.9 Å². The van der Waals surface area contributed by atoms with Crippen LogP contribution in [0.2, 0.25) is 0 Å². The van der Waals surface area contributed by atoms with Crippen molar-refractivity contribution in [3.05, 3.63) is 0 Å². The molecule has 0 bridgehead atoms. The van der Waals surface area contributed by atoms with E-state index in [0.29, 0.717) is 45.1 Å². The molecule has 0 spiro atoms. The van der Waals surface area contributed by atoms with Gasteiger partial charge >= 0.3 is 0 Å². The summed E-state index contributed by atoms with van der Waals surface area (Å²) in [5.41, 5.74) is 5.28. The first-order chi connectivity index (χ1) is 9.66. The quantitative estimate of drug-likeness (QED) is 0.736.